The van der Waals surface area contributed by atoms with Crippen LogP contribution >= 0.6 is 15.6 Å². The predicted molar refractivity (Wildman–Crippen MR) is 140 cm³/mol. The van der Waals surface area contributed by atoms with Crippen LogP contribution in [0.1, 0.15) is 19.4 Å². The van der Waals surface area contributed by atoms with E-state index in [1.54, 1.807) is 0 Å². The summed E-state index contributed by atoms with van der Waals surface area (Å²) in [5.74, 6) is -1.30. The van der Waals surface area contributed by atoms with Crippen LogP contribution in [0.15, 0.2) is 34.1 Å². The van der Waals surface area contributed by atoms with Gasteiger partial charge in [-0.15, -0.1) is 0 Å². The highest BCUT2D eigenvalue weighted by atomic mass is 31.2. The Morgan fingerprint density at radius 3 is 1.98 bits per heavy atom. The van der Waals surface area contributed by atoms with E-state index in [0.29, 0.717) is 0 Å². The summed E-state index contributed by atoms with van der Waals surface area (Å²) in [5.41, 5.74) is 8.97. The first kappa shape index (κ1) is 33.8. The van der Waals surface area contributed by atoms with Crippen molar-refractivity contribution in [2.75, 3.05) is 24.7 Å². The van der Waals surface area contributed by atoms with Crippen molar-refractivity contribution in [1.82, 2.24) is 19.1 Å². The SMILES string of the molecule is CC(=O)O[C@@H]1[C@H](OP(=O)(O)O)[C@@H](COP(=O)(O)O[C@H]2[C@@H](O)[C@H](n3ccc(N)nc3=O)O[C@@H]2CO)O[C@H]1n1ccc(N)nc1=O. The number of phosphoric ester groups is 2. The van der Waals surface area contributed by atoms with Crippen LogP contribution in [0.3, 0.4) is 0 Å². The Bertz CT molecular complexity index is 1580. The van der Waals surface area contributed by atoms with Crippen molar-refractivity contribution in [2.24, 2.45) is 0 Å². The quantitative estimate of drug-likeness (QED) is 0.0910. The molecule has 9 atom stereocenters. The van der Waals surface area contributed by atoms with E-state index >= 15 is 0 Å². The van der Waals surface area contributed by atoms with Crippen LogP contribution < -0.4 is 22.8 Å². The Balaban J connectivity index is 1.55. The van der Waals surface area contributed by atoms with Crippen LogP contribution in [0.25, 0.3) is 0 Å². The number of esters is 1. The van der Waals surface area contributed by atoms with Crippen LogP contribution in [0.2, 0.25) is 0 Å². The average molecular weight is 670 g/mol. The highest BCUT2D eigenvalue weighted by Crippen LogP contribution is 2.50. The minimum absolute atomic E-state index is 0.135. The van der Waals surface area contributed by atoms with E-state index in [9.17, 15) is 48.4 Å². The smallest absolute Gasteiger partial charge is 0.455 e. The molecule has 2 aromatic rings. The number of nitrogens with zero attached hydrogens (tertiary/aromatic N) is 4. The molecule has 0 radical (unpaired) electrons. The number of aliphatic hydroxyl groups is 2. The number of phosphoric acid groups is 2. The zero-order valence-electron chi connectivity index (χ0n) is 22.4. The van der Waals surface area contributed by atoms with E-state index in [0.717, 1.165) is 28.5 Å². The van der Waals surface area contributed by atoms with Crippen molar-refractivity contribution in [3.05, 3.63) is 45.5 Å². The number of hydrogen-bond acceptors (Lipinski definition) is 17. The van der Waals surface area contributed by atoms with Crippen LogP contribution in [0, 0.1) is 0 Å². The molecule has 4 rings (SSSR count). The summed E-state index contributed by atoms with van der Waals surface area (Å²) in [7, 11) is -10.6. The lowest BCUT2D eigenvalue weighted by molar-refractivity contribution is -0.155. The second-order valence-electron chi connectivity index (χ2n) is 9.36. The molecule has 0 aliphatic carbocycles. The molecule has 0 aromatic carbocycles. The maximum absolute atomic E-state index is 12.9. The summed E-state index contributed by atoms with van der Waals surface area (Å²) >= 11 is 0. The summed E-state index contributed by atoms with van der Waals surface area (Å²) in [5, 5.41) is 20.4. The third kappa shape index (κ3) is 7.75. The number of anilines is 2. The lowest BCUT2D eigenvalue weighted by atomic mass is 10.1. The molecule has 1 unspecified atom stereocenters. The maximum Gasteiger partial charge on any atom is 0.472 e. The fourth-order valence-electron chi connectivity index (χ4n) is 4.49. The highest BCUT2D eigenvalue weighted by molar-refractivity contribution is 7.47. The molecule has 24 heteroatoms. The highest BCUT2D eigenvalue weighted by Gasteiger charge is 2.53. The molecular weight excluding hydrogens is 642 g/mol. The van der Waals surface area contributed by atoms with Crippen molar-refractivity contribution >= 4 is 33.3 Å². The minimum Gasteiger partial charge on any atom is -0.455 e. The van der Waals surface area contributed by atoms with E-state index in [1.807, 2.05) is 0 Å². The summed E-state index contributed by atoms with van der Waals surface area (Å²) in [6, 6.07) is 2.38. The van der Waals surface area contributed by atoms with Gasteiger partial charge in [-0.2, -0.15) is 9.97 Å². The van der Waals surface area contributed by atoms with Crippen LogP contribution in [-0.2, 0) is 41.7 Å². The zero-order valence-corrected chi connectivity index (χ0v) is 24.2. The first-order chi connectivity index (χ1) is 20.5. The molecule has 22 nitrogen and oxygen atoms in total. The largest absolute Gasteiger partial charge is 0.472 e. The molecule has 0 spiro atoms. The molecule has 44 heavy (non-hydrogen) atoms. The summed E-state index contributed by atoms with van der Waals surface area (Å²) < 4.78 is 57.1. The Hall–Kier alpha value is -3.11. The van der Waals surface area contributed by atoms with E-state index in [-0.39, 0.29) is 11.6 Å². The molecule has 9 N–H and O–H groups in total. The Kier molecular flexibility index (Phi) is 10.0. The summed E-state index contributed by atoms with van der Waals surface area (Å²) in [6.07, 6.45) is -11.4. The number of carbonyl (C=O) groups excluding carboxylic acids is 1. The van der Waals surface area contributed by atoms with Crippen molar-refractivity contribution in [1.29, 1.82) is 0 Å². The predicted octanol–water partition coefficient (Wildman–Crippen LogP) is -3.28. The topological polar surface area (TPSA) is 330 Å². The number of hydrogen-bond donors (Lipinski definition) is 7. The van der Waals surface area contributed by atoms with Crippen LogP contribution in [0.4, 0.5) is 11.6 Å². The fraction of sp³-hybridized carbons (Fsp3) is 0.550. The van der Waals surface area contributed by atoms with Gasteiger partial charge < -0.3 is 50.6 Å². The zero-order chi connectivity index (χ0) is 32.6. The van der Waals surface area contributed by atoms with Gasteiger partial charge in [0.25, 0.3) is 0 Å². The third-order valence-corrected chi connectivity index (χ3v) is 7.75. The number of nitrogens with two attached hydrogens (primary N) is 2. The molecule has 0 saturated carbocycles. The van der Waals surface area contributed by atoms with Gasteiger partial charge in [-0.1, -0.05) is 0 Å². The fourth-order valence-corrected chi connectivity index (χ4v) is 6.02. The minimum atomic E-state index is -5.35. The molecule has 2 fully saturated rings. The van der Waals surface area contributed by atoms with Gasteiger partial charge in [-0.05, 0) is 12.1 Å². The van der Waals surface area contributed by atoms with Gasteiger partial charge in [-0.25, -0.2) is 18.7 Å². The molecule has 2 saturated heterocycles. The van der Waals surface area contributed by atoms with Gasteiger partial charge in [0.1, 0.15) is 42.2 Å². The standard InChI is InChI=1S/C20H28N6O16P2/c1-8(28)38-16-15(41-43(32,33)34)10(40-18(16)26-5-3-12(22)24-20(26)31)7-37-44(35,36)42-14-9(6-27)39-17(13(14)29)25-4-2-11(21)23-19(25)30/h2-5,9-10,13-18,27,29H,6-7H2,1H3,(H,35,36)(H2,21,23,30)(H2,22,24,31)(H2,32,33,34)/t9-,10-,13-,14-,15-,16-,17-,18-/m1/s1. The second-order valence-corrected chi connectivity index (χ2v) is 12.0. The Morgan fingerprint density at radius 1 is 0.932 bits per heavy atom. The molecule has 244 valence electrons. The number of carbonyl (C=O) groups is 1. The van der Waals surface area contributed by atoms with Crippen LogP contribution in [-0.4, -0.2) is 99.8 Å². The Labute approximate surface area is 245 Å². The number of nitrogen functional groups attached to an aromatic ring is 2. The summed E-state index contributed by atoms with van der Waals surface area (Å²) in [6.45, 7) is -0.943. The molecule has 4 heterocycles. The number of ether oxygens (including phenoxy) is 3. The molecule has 2 aromatic heterocycles. The van der Waals surface area contributed by atoms with Gasteiger partial charge >= 0.3 is 33.0 Å². The second kappa shape index (κ2) is 13.1. The molecule has 2 aliphatic rings. The van der Waals surface area contributed by atoms with E-state index < -0.39 is 95.3 Å². The van der Waals surface area contributed by atoms with Gasteiger partial charge in [0.05, 0.1) is 13.2 Å². The van der Waals surface area contributed by atoms with E-state index in [2.05, 4.69) is 9.97 Å². The summed E-state index contributed by atoms with van der Waals surface area (Å²) in [4.78, 5) is 72.9. The monoisotopic (exact) mass is 670 g/mol. The van der Waals surface area contributed by atoms with E-state index in [1.165, 1.54) is 12.1 Å². The van der Waals surface area contributed by atoms with Gasteiger partial charge in [0, 0.05) is 19.3 Å². The van der Waals surface area contributed by atoms with E-state index in [4.69, 9.17) is 39.2 Å². The number of aromatic nitrogens is 4. The lowest BCUT2D eigenvalue weighted by Gasteiger charge is -2.25. The van der Waals surface area contributed by atoms with Crippen LogP contribution in [0.5, 0.6) is 0 Å². The first-order valence-corrected chi connectivity index (χ1v) is 15.4. The van der Waals surface area contributed by atoms with Gasteiger partial charge in [0.2, 0.25) is 0 Å². The third-order valence-electron chi connectivity index (χ3n) is 6.24. The number of aliphatic hydroxyl groups excluding tert-OH is 2. The normalized spacial score (nSPS) is 30.2. The van der Waals surface area contributed by atoms with Crippen molar-refractivity contribution < 1.29 is 66.6 Å². The average Bonchev–Trinajstić information content (AvgIpc) is 3.38. The first-order valence-electron chi connectivity index (χ1n) is 12.4. The molecule has 0 bridgehead atoms. The number of rotatable bonds is 11. The lowest BCUT2D eigenvalue weighted by Crippen LogP contribution is -2.40. The molecule has 2 aliphatic heterocycles. The van der Waals surface area contributed by atoms with Crippen molar-refractivity contribution in [2.45, 2.75) is 56.0 Å². The van der Waals surface area contributed by atoms with Crippen molar-refractivity contribution in [3.63, 3.8) is 0 Å². The van der Waals surface area contributed by atoms with Crippen molar-refractivity contribution in [3.8, 4) is 0 Å². The molecular formula is C20H28N6O16P2. The maximum atomic E-state index is 12.9. The van der Waals surface area contributed by atoms with Gasteiger partial charge in [-0.3, -0.25) is 27.5 Å². The molecule has 0 amide bonds. The Morgan fingerprint density at radius 2 is 1.48 bits per heavy atom. The van der Waals surface area contributed by atoms with Gasteiger partial charge in [0.15, 0.2) is 18.6 Å².